The highest BCUT2D eigenvalue weighted by Gasteiger charge is 2.30. The van der Waals surface area contributed by atoms with E-state index >= 15 is 0 Å². The van der Waals surface area contributed by atoms with Crippen molar-refractivity contribution in [2.75, 3.05) is 20.3 Å². The first-order chi connectivity index (χ1) is 17.0. The third-order valence-corrected chi connectivity index (χ3v) is 6.65. The van der Waals surface area contributed by atoms with Gasteiger partial charge in [0.25, 0.3) is 11.5 Å². The van der Waals surface area contributed by atoms with E-state index in [1.165, 1.54) is 0 Å². The lowest BCUT2D eigenvalue weighted by molar-refractivity contribution is 0.0579. The number of aryl methyl sites for hydroxylation is 1. The Balaban J connectivity index is 1.95. The number of amides is 1. The van der Waals surface area contributed by atoms with Crippen molar-refractivity contribution in [3.05, 3.63) is 105 Å². The van der Waals surface area contributed by atoms with Crippen molar-refractivity contribution >= 4 is 32.7 Å². The van der Waals surface area contributed by atoms with Gasteiger partial charge in [-0.25, -0.2) is 4.98 Å². The molecule has 0 bridgehead atoms. The Hall–Kier alpha value is -3.29. The van der Waals surface area contributed by atoms with Crippen molar-refractivity contribution in [3.63, 3.8) is 0 Å². The van der Waals surface area contributed by atoms with Gasteiger partial charge in [0.05, 0.1) is 29.2 Å². The molecule has 7 heteroatoms. The summed E-state index contributed by atoms with van der Waals surface area (Å²) in [6.07, 6.45) is 0.572. The Bertz CT molecular complexity index is 1400. The van der Waals surface area contributed by atoms with Crippen LogP contribution in [0.2, 0.25) is 0 Å². The molecule has 0 radical (unpaired) electrons. The van der Waals surface area contributed by atoms with E-state index in [1.807, 2.05) is 80.6 Å². The maximum atomic E-state index is 13.8. The van der Waals surface area contributed by atoms with Crippen molar-refractivity contribution in [1.82, 2.24) is 14.5 Å². The molecule has 3 aromatic carbocycles. The summed E-state index contributed by atoms with van der Waals surface area (Å²) in [5, 5.41) is 0.530. The van der Waals surface area contributed by atoms with Gasteiger partial charge in [-0.05, 0) is 61.4 Å². The highest BCUT2D eigenvalue weighted by molar-refractivity contribution is 9.10. The number of carbonyl (C=O) groups excluding carboxylic acids is 1. The van der Waals surface area contributed by atoms with Crippen molar-refractivity contribution in [3.8, 4) is 5.69 Å². The molecule has 6 nitrogen and oxygen atoms in total. The molecule has 0 saturated heterocycles. The maximum absolute atomic E-state index is 13.8. The molecule has 180 valence electrons. The fourth-order valence-electron chi connectivity index (χ4n) is 4.31. The summed E-state index contributed by atoms with van der Waals surface area (Å²) in [5.41, 5.74) is 2.66. The van der Waals surface area contributed by atoms with Crippen LogP contribution in [-0.4, -0.2) is 40.6 Å². The second-order valence-electron chi connectivity index (χ2n) is 8.33. The number of carbonyl (C=O) groups is 1. The zero-order chi connectivity index (χ0) is 24.9. The van der Waals surface area contributed by atoms with Crippen LogP contribution in [0, 0.1) is 6.92 Å². The molecule has 1 heterocycles. The Morgan fingerprint density at radius 2 is 1.74 bits per heavy atom. The standard InChI is InChI=1S/C28H28BrN3O3/c1-4-25(31(17-18-35-3)27(33)22-10-6-5-9-19(22)2)26-30-24-12-8-7-11-23(24)28(34)32(26)21-15-13-20(29)14-16-21/h5-16,25H,4,17-18H2,1-3H3. The number of benzene rings is 3. The molecule has 0 N–H and O–H groups in total. The molecule has 35 heavy (non-hydrogen) atoms. The van der Waals surface area contributed by atoms with E-state index in [4.69, 9.17) is 9.72 Å². The zero-order valence-corrected chi connectivity index (χ0v) is 21.7. The first-order valence-corrected chi connectivity index (χ1v) is 12.4. The summed E-state index contributed by atoms with van der Waals surface area (Å²) in [6.45, 7) is 4.66. The summed E-state index contributed by atoms with van der Waals surface area (Å²) in [5.74, 6) is 0.410. The van der Waals surface area contributed by atoms with Crippen LogP contribution in [0.5, 0.6) is 0 Å². The number of aromatic nitrogens is 2. The monoisotopic (exact) mass is 533 g/mol. The molecule has 0 saturated carbocycles. The summed E-state index contributed by atoms with van der Waals surface area (Å²) in [6, 6.07) is 21.9. The van der Waals surface area contributed by atoms with Gasteiger partial charge in [0.15, 0.2) is 0 Å². The minimum Gasteiger partial charge on any atom is -0.383 e. The lowest BCUT2D eigenvalue weighted by atomic mass is 10.0. The van der Waals surface area contributed by atoms with Crippen molar-refractivity contribution in [2.24, 2.45) is 0 Å². The summed E-state index contributed by atoms with van der Waals surface area (Å²) in [7, 11) is 1.61. The molecule has 1 unspecified atom stereocenters. The normalized spacial score (nSPS) is 12.0. The molecule has 4 rings (SSSR count). The van der Waals surface area contributed by atoms with Crippen LogP contribution in [-0.2, 0) is 4.74 Å². The number of rotatable bonds is 8. The highest BCUT2D eigenvalue weighted by Crippen LogP contribution is 2.28. The Kier molecular flexibility index (Phi) is 7.78. The summed E-state index contributed by atoms with van der Waals surface area (Å²) < 4.78 is 7.90. The van der Waals surface area contributed by atoms with Crippen LogP contribution in [0.3, 0.4) is 0 Å². The van der Waals surface area contributed by atoms with E-state index in [1.54, 1.807) is 22.6 Å². The van der Waals surface area contributed by atoms with Crippen LogP contribution in [0.1, 0.15) is 41.1 Å². The largest absolute Gasteiger partial charge is 0.383 e. The second-order valence-corrected chi connectivity index (χ2v) is 9.25. The van der Waals surface area contributed by atoms with Gasteiger partial charge in [0.1, 0.15) is 5.82 Å². The molecule has 1 aromatic heterocycles. The number of fused-ring (bicyclic) bond motifs is 1. The van der Waals surface area contributed by atoms with Crippen molar-refractivity contribution in [1.29, 1.82) is 0 Å². The summed E-state index contributed by atoms with van der Waals surface area (Å²) >= 11 is 3.47. The van der Waals surface area contributed by atoms with Crippen LogP contribution < -0.4 is 5.56 Å². The highest BCUT2D eigenvalue weighted by atomic mass is 79.9. The van der Waals surface area contributed by atoms with Crippen molar-refractivity contribution < 1.29 is 9.53 Å². The van der Waals surface area contributed by atoms with Crippen LogP contribution in [0.25, 0.3) is 16.6 Å². The van der Waals surface area contributed by atoms with Gasteiger partial charge in [-0.3, -0.25) is 14.2 Å². The fraction of sp³-hybridized carbons (Fsp3) is 0.250. The molecule has 4 aromatic rings. The van der Waals surface area contributed by atoms with E-state index in [2.05, 4.69) is 15.9 Å². The number of hydrogen-bond donors (Lipinski definition) is 0. The number of nitrogens with zero attached hydrogens (tertiary/aromatic N) is 3. The number of para-hydroxylation sites is 1. The predicted octanol–water partition coefficient (Wildman–Crippen LogP) is 5.70. The Morgan fingerprint density at radius 3 is 2.43 bits per heavy atom. The van der Waals surface area contributed by atoms with Gasteiger partial charge in [-0.2, -0.15) is 0 Å². The average Bonchev–Trinajstić information content (AvgIpc) is 2.87. The van der Waals surface area contributed by atoms with Gasteiger partial charge in [0, 0.05) is 23.7 Å². The number of halogens is 1. The van der Waals surface area contributed by atoms with E-state index in [-0.39, 0.29) is 11.5 Å². The summed E-state index contributed by atoms with van der Waals surface area (Å²) in [4.78, 5) is 34.3. The Morgan fingerprint density at radius 1 is 1.06 bits per heavy atom. The van der Waals surface area contributed by atoms with E-state index in [0.717, 1.165) is 10.0 Å². The lowest BCUT2D eigenvalue weighted by Gasteiger charge is -2.32. The molecule has 0 aliphatic carbocycles. The SMILES string of the molecule is CCC(c1nc2ccccc2c(=O)n1-c1ccc(Br)cc1)N(CCOC)C(=O)c1ccccc1C. The van der Waals surface area contributed by atoms with Crippen molar-refractivity contribution in [2.45, 2.75) is 26.3 Å². The third-order valence-electron chi connectivity index (χ3n) is 6.12. The minimum absolute atomic E-state index is 0.114. The van der Waals surface area contributed by atoms with E-state index < -0.39 is 6.04 Å². The Labute approximate surface area is 213 Å². The first-order valence-electron chi connectivity index (χ1n) is 11.6. The third kappa shape index (κ3) is 5.06. The van der Waals surface area contributed by atoms with E-state index in [9.17, 15) is 9.59 Å². The van der Waals surface area contributed by atoms with Gasteiger partial charge in [-0.1, -0.05) is 53.2 Å². The maximum Gasteiger partial charge on any atom is 0.266 e. The molecule has 1 atom stereocenters. The van der Waals surface area contributed by atoms with Gasteiger partial charge >= 0.3 is 0 Å². The molecule has 0 aliphatic heterocycles. The molecular weight excluding hydrogens is 506 g/mol. The van der Waals surface area contributed by atoms with Gasteiger partial charge in [0.2, 0.25) is 0 Å². The van der Waals surface area contributed by atoms with E-state index in [0.29, 0.717) is 47.6 Å². The smallest absolute Gasteiger partial charge is 0.266 e. The molecule has 0 aliphatic rings. The lowest BCUT2D eigenvalue weighted by Crippen LogP contribution is -2.40. The molecule has 0 spiro atoms. The number of methoxy groups -OCH3 is 1. The zero-order valence-electron chi connectivity index (χ0n) is 20.1. The minimum atomic E-state index is -0.446. The fourth-order valence-corrected chi connectivity index (χ4v) is 4.58. The van der Waals surface area contributed by atoms with Crippen LogP contribution in [0.4, 0.5) is 0 Å². The quantitative estimate of drug-likeness (QED) is 0.291. The average molecular weight is 534 g/mol. The number of hydrogen-bond acceptors (Lipinski definition) is 4. The molecular formula is C28H28BrN3O3. The molecule has 0 fully saturated rings. The van der Waals surface area contributed by atoms with Gasteiger partial charge in [-0.15, -0.1) is 0 Å². The number of ether oxygens (including phenoxy) is 1. The first kappa shape index (κ1) is 24.8. The topological polar surface area (TPSA) is 64.4 Å². The van der Waals surface area contributed by atoms with Gasteiger partial charge < -0.3 is 9.64 Å². The second kappa shape index (κ2) is 11.0. The van der Waals surface area contributed by atoms with Crippen LogP contribution >= 0.6 is 15.9 Å². The van der Waals surface area contributed by atoms with Crippen LogP contribution in [0.15, 0.2) is 82.1 Å². The predicted molar refractivity (Wildman–Crippen MR) is 142 cm³/mol. The molecule has 1 amide bonds.